The fourth-order valence-corrected chi connectivity index (χ4v) is 3.94. The number of pyridine rings is 1. The van der Waals surface area contributed by atoms with Crippen molar-refractivity contribution in [3.63, 3.8) is 0 Å². The van der Waals surface area contributed by atoms with Crippen molar-refractivity contribution in [2.24, 2.45) is 10.1 Å². The lowest BCUT2D eigenvalue weighted by molar-refractivity contribution is 0.0174. The zero-order chi connectivity index (χ0) is 28.0. The Hall–Kier alpha value is -2.74. The summed E-state index contributed by atoms with van der Waals surface area (Å²) in [5.74, 6) is -5.26. The molecule has 0 unspecified atom stereocenters. The van der Waals surface area contributed by atoms with Crippen LogP contribution < -0.4 is 5.14 Å². The summed E-state index contributed by atoms with van der Waals surface area (Å²) in [5.41, 5.74) is -2.18. The number of rotatable bonds is 4. The van der Waals surface area contributed by atoms with Crippen LogP contribution >= 0.6 is 0 Å². The number of primary sulfonamides is 1. The van der Waals surface area contributed by atoms with Crippen LogP contribution in [0.1, 0.15) is 32.4 Å². The monoisotopic (exact) mass is 556 g/mol. The second-order valence-corrected chi connectivity index (χ2v) is 9.81. The maximum absolute atomic E-state index is 14.4. The molecular weight excluding hydrogens is 529 g/mol. The Morgan fingerprint density at radius 2 is 1.70 bits per heavy atom. The van der Waals surface area contributed by atoms with Gasteiger partial charge in [0.05, 0.1) is 36.0 Å². The SMILES string of the molecule is CC.FC[C@]1(c2ncc(F)cc2-c2c(F)cccc2F)CN=C(N2CCC(F)(F)C2)C1.NS(=O)(=O)CF. The third-order valence-corrected chi connectivity index (χ3v) is 5.90. The molecule has 3 heterocycles. The predicted molar refractivity (Wildman–Crippen MR) is 126 cm³/mol. The second-order valence-electron chi connectivity index (χ2n) is 8.27. The molecule has 2 aliphatic rings. The number of sulfonamides is 1. The zero-order valence-electron chi connectivity index (χ0n) is 20.1. The fraction of sp³-hybridized carbons (Fsp3) is 0.478. The van der Waals surface area contributed by atoms with E-state index in [1.165, 1.54) is 4.90 Å². The van der Waals surface area contributed by atoms with Crippen LogP contribution in [0.4, 0.5) is 30.7 Å². The van der Waals surface area contributed by atoms with E-state index >= 15 is 0 Å². The van der Waals surface area contributed by atoms with E-state index in [4.69, 9.17) is 0 Å². The largest absolute Gasteiger partial charge is 0.354 e. The second kappa shape index (κ2) is 12.2. The van der Waals surface area contributed by atoms with Gasteiger partial charge >= 0.3 is 0 Å². The van der Waals surface area contributed by atoms with Gasteiger partial charge in [-0.25, -0.2) is 44.3 Å². The number of alkyl halides is 4. The molecule has 4 rings (SSSR count). The highest BCUT2D eigenvalue weighted by molar-refractivity contribution is 7.88. The van der Waals surface area contributed by atoms with Crippen molar-refractivity contribution >= 4 is 15.9 Å². The molecule has 0 saturated carbocycles. The first-order chi connectivity index (χ1) is 17.3. The van der Waals surface area contributed by atoms with E-state index < -0.39 is 63.6 Å². The van der Waals surface area contributed by atoms with Crippen LogP contribution in [0.2, 0.25) is 0 Å². The number of hydrogen-bond acceptors (Lipinski definition) is 5. The number of nitrogens with two attached hydrogens (primary N) is 1. The Morgan fingerprint density at radius 3 is 2.19 bits per heavy atom. The van der Waals surface area contributed by atoms with Gasteiger partial charge in [0.25, 0.3) is 5.92 Å². The molecule has 0 amide bonds. The Kier molecular flexibility index (Phi) is 10.1. The van der Waals surface area contributed by atoms with Crippen LogP contribution in [-0.4, -0.2) is 62.4 Å². The minimum absolute atomic E-state index is 0.0462. The van der Waals surface area contributed by atoms with Crippen LogP contribution in [0, 0.1) is 17.5 Å². The Morgan fingerprint density at radius 1 is 1.11 bits per heavy atom. The van der Waals surface area contributed by atoms with Gasteiger partial charge in [-0.3, -0.25) is 9.98 Å². The molecule has 206 valence electrons. The first-order valence-corrected chi connectivity index (χ1v) is 12.9. The van der Waals surface area contributed by atoms with Gasteiger partial charge in [0.15, 0.2) is 0 Å². The Bertz CT molecular complexity index is 1210. The van der Waals surface area contributed by atoms with Gasteiger partial charge in [0, 0.05) is 24.9 Å². The van der Waals surface area contributed by atoms with Crippen molar-refractivity contribution < 1.29 is 39.2 Å². The van der Waals surface area contributed by atoms with Crippen LogP contribution in [-0.2, 0) is 15.4 Å². The molecular formula is C23H27F7N4O2S. The lowest BCUT2D eigenvalue weighted by atomic mass is 9.79. The summed E-state index contributed by atoms with van der Waals surface area (Å²) < 4.78 is 114. The average molecular weight is 557 g/mol. The predicted octanol–water partition coefficient (Wildman–Crippen LogP) is 4.74. The number of aromatic nitrogens is 1. The zero-order valence-corrected chi connectivity index (χ0v) is 20.9. The van der Waals surface area contributed by atoms with Gasteiger partial charge in [-0.05, 0) is 18.2 Å². The number of aliphatic imine (C=N–C) groups is 1. The van der Waals surface area contributed by atoms with Crippen LogP contribution in [0.25, 0.3) is 11.1 Å². The normalized spacial score (nSPS) is 20.5. The van der Waals surface area contributed by atoms with Crippen molar-refractivity contribution in [2.75, 3.05) is 32.3 Å². The third kappa shape index (κ3) is 7.40. The van der Waals surface area contributed by atoms with E-state index in [9.17, 15) is 39.2 Å². The molecule has 1 fully saturated rings. The molecule has 1 aromatic heterocycles. The summed E-state index contributed by atoms with van der Waals surface area (Å²) in [6.07, 6.45) is 0.452. The number of likely N-dealkylation sites (tertiary alicyclic amines) is 1. The van der Waals surface area contributed by atoms with Crippen LogP contribution in [0.3, 0.4) is 0 Å². The summed E-state index contributed by atoms with van der Waals surface area (Å²) in [6, 6.07) is 2.61. The molecule has 0 aliphatic carbocycles. The van der Waals surface area contributed by atoms with Crippen molar-refractivity contribution in [3.8, 4) is 11.1 Å². The molecule has 1 aromatic carbocycles. The number of halogens is 7. The summed E-state index contributed by atoms with van der Waals surface area (Å²) in [4.78, 5) is 9.59. The average Bonchev–Trinajstić information content (AvgIpc) is 3.44. The van der Waals surface area contributed by atoms with Crippen LogP contribution in [0.15, 0.2) is 35.5 Å². The molecule has 1 saturated heterocycles. The van der Waals surface area contributed by atoms with E-state index in [1.54, 1.807) is 0 Å². The molecule has 37 heavy (non-hydrogen) atoms. The lowest BCUT2D eigenvalue weighted by Gasteiger charge is -2.28. The summed E-state index contributed by atoms with van der Waals surface area (Å²) in [7, 11) is -3.83. The maximum Gasteiger partial charge on any atom is 0.266 e. The minimum atomic E-state index is -3.83. The van der Waals surface area contributed by atoms with Crippen molar-refractivity contribution in [1.82, 2.24) is 9.88 Å². The molecule has 2 N–H and O–H groups in total. The first kappa shape index (κ1) is 30.5. The number of amidine groups is 1. The van der Waals surface area contributed by atoms with E-state index in [0.29, 0.717) is 5.84 Å². The number of hydrogen-bond donors (Lipinski definition) is 1. The Balaban J connectivity index is 0.000000531. The standard InChI is InChI=1S/C20H17F6N3.C2H6.CH4FNO2S/c21-9-19(7-16(28-10-19)29-5-4-20(25,26)11-29)18-13(6-12(22)8-27-18)17-14(23)2-1-3-15(17)24;1-2;2-1-6(3,4)5/h1-3,6,8H,4-5,7,9-11H2;1-2H3;1H2,(H2,3,4,5)/t19-;;/m0../s1. The van der Waals surface area contributed by atoms with Gasteiger partial charge in [0.1, 0.15) is 30.0 Å². The molecule has 0 radical (unpaired) electrons. The topological polar surface area (TPSA) is 88.7 Å². The number of benzene rings is 1. The van der Waals surface area contributed by atoms with Gasteiger partial charge in [-0.1, -0.05) is 19.9 Å². The van der Waals surface area contributed by atoms with E-state index in [1.807, 2.05) is 13.8 Å². The minimum Gasteiger partial charge on any atom is -0.354 e. The van der Waals surface area contributed by atoms with E-state index in [2.05, 4.69) is 15.1 Å². The van der Waals surface area contributed by atoms with Gasteiger partial charge in [-0.2, -0.15) is 0 Å². The highest BCUT2D eigenvalue weighted by atomic mass is 32.2. The molecule has 0 bridgehead atoms. The van der Waals surface area contributed by atoms with Gasteiger partial charge in [0.2, 0.25) is 16.0 Å². The van der Waals surface area contributed by atoms with Crippen molar-refractivity contribution in [2.45, 2.75) is 38.0 Å². The van der Waals surface area contributed by atoms with E-state index in [0.717, 1.165) is 30.5 Å². The Labute approximate surface area is 210 Å². The van der Waals surface area contributed by atoms with E-state index in [-0.39, 0.29) is 37.2 Å². The summed E-state index contributed by atoms with van der Waals surface area (Å²) >= 11 is 0. The third-order valence-electron chi connectivity index (χ3n) is 5.59. The first-order valence-electron chi connectivity index (χ1n) is 11.2. The fourth-order valence-electron chi connectivity index (χ4n) is 3.94. The molecule has 6 nitrogen and oxygen atoms in total. The van der Waals surface area contributed by atoms with Gasteiger partial charge in [-0.15, -0.1) is 0 Å². The van der Waals surface area contributed by atoms with Gasteiger partial charge < -0.3 is 4.90 Å². The van der Waals surface area contributed by atoms with Crippen LogP contribution in [0.5, 0.6) is 0 Å². The van der Waals surface area contributed by atoms with Crippen molar-refractivity contribution in [3.05, 3.63) is 53.6 Å². The highest BCUT2D eigenvalue weighted by Gasteiger charge is 2.46. The molecule has 14 heteroatoms. The smallest absolute Gasteiger partial charge is 0.266 e. The lowest BCUT2D eigenvalue weighted by Crippen LogP contribution is -2.36. The quantitative estimate of drug-likeness (QED) is 0.551. The maximum atomic E-state index is 14.4. The molecule has 2 aliphatic heterocycles. The molecule has 1 atom stereocenters. The molecule has 0 spiro atoms. The highest BCUT2D eigenvalue weighted by Crippen LogP contribution is 2.41. The number of nitrogens with zero attached hydrogens (tertiary/aromatic N) is 3. The summed E-state index contributed by atoms with van der Waals surface area (Å²) in [6.45, 7) is 2.44. The van der Waals surface area contributed by atoms with Crippen molar-refractivity contribution in [1.29, 1.82) is 0 Å². The molecule has 2 aromatic rings. The summed E-state index contributed by atoms with van der Waals surface area (Å²) in [5, 5.41) is 4.13.